The molecular weight excluding hydrogens is 152 g/mol. The zero-order valence-corrected chi connectivity index (χ0v) is 7.45. The van der Waals surface area contributed by atoms with Crippen molar-refractivity contribution in [2.45, 2.75) is 19.9 Å². The first-order valence-electron chi connectivity index (χ1n) is 3.98. The van der Waals surface area contributed by atoms with Crippen LogP contribution < -0.4 is 10.5 Å². The molecular formula is C9H14N2O. The Kier molecular flexibility index (Phi) is 3.05. The third-order valence-corrected chi connectivity index (χ3v) is 1.36. The fourth-order valence-corrected chi connectivity index (χ4v) is 0.834. The van der Waals surface area contributed by atoms with Gasteiger partial charge in [-0.3, -0.25) is 4.98 Å². The van der Waals surface area contributed by atoms with Crippen molar-refractivity contribution in [3.8, 4) is 5.75 Å². The second-order valence-electron chi connectivity index (χ2n) is 2.99. The summed E-state index contributed by atoms with van der Waals surface area (Å²) in [5.41, 5.74) is 6.63. The number of aromatic nitrogens is 1. The standard InChI is InChI=1S/C9H14N2O/c1-7-3-9(5-11-4-7)12-6-8(2)10/h3-5,8H,6,10H2,1-2H3. The fourth-order valence-electron chi connectivity index (χ4n) is 0.834. The van der Waals surface area contributed by atoms with E-state index in [2.05, 4.69) is 4.98 Å². The summed E-state index contributed by atoms with van der Waals surface area (Å²) in [5, 5.41) is 0. The van der Waals surface area contributed by atoms with E-state index in [1.165, 1.54) is 0 Å². The minimum atomic E-state index is 0.0607. The topological polar surface area (TPSA) is 48.1 Å². The Balaban J connectivity index is 2.52. The molecule has 12 heavy (non-hydrogen) atoms. The lowest BCUT2D eigenvalue weighted by Crippen LogP contribution is -2.23. The Morgan fingerprint density at radius 1 is 1.58 bits per heavy atom. The third kappa shape index (κ3) is 2.88. The highest BCUT2D eigenvalue weighted by Crippen LogP contribution is 2.09. The van der Waals surface area contributed by atoms with Crippen LogP contribution in [0.5, 0.6) is 5.75 Å². The quantitative estimate of drug-likeness (QED) is 0.731. The first kappa shape index (κ1) is 9.00. The van der Waals surface area contributed by atoms with Crippen molar-refractivity contribution < 1.29 is 4.74 Å². The number of pyridine rings is 1. The number of aryl methyl sites for hydroxylation is 1. The van der Waals surface area contributed by atoms with Crippen molar-refractivity contribution in [2.75, 3.05) is 6.61 Å². The van der Waals surface area contributed by atoms with Gasteiger partial charge in [-0.15, -0.1) is 0 Å². The van der Waals surface area contributed by atoms with Crippen LogP contribution in [0.4, 0.5) is 0 Å². The van der Waals surface area contributed by atoms with Crippen molar-refractivity contribution in [3.63, 3.8) is 0 Å². The molecule has 1 rings (SSSR count). The Hall–Kier alpha value is -1.09. The number of hydrogen-bond donors (Lipinski definition) is 1. The Morgan fingerprint density at radius 3 is 2.92 bits per heavy atom. The molecule has 1 aromatic rings. The molecule has 0 fully saturated rings. The Bertz CT molecular complexity index is 248. The molecule has 0 aliphatic carbocycles. The SMILES string of the molecule is Cc1cncc(OCC(C)N)c1. The predicted molar refractivity (Wildman–Crippen MR) is 48.1 cm³/mol. The van der Waals surface area contributed by atoms with E-state index in [4.69, 9.17) is 10.5 Å². The third-order valence-electron chi connectivity index (χ3n) is 1.36. The van der Waals surface area contributed by atoms with Crippen LogP contribution in [0.3, 0.4) is 0 Å². The van der Waals surface area contributed by atoms with Gasteiger partial charge in [0.25, 0.3) is 0 Å². The van der Waals surface area contributed by atoms with Gasteiger partial charge in [0.2, 0.25) is 0 Å². The summed E-state index contributed by atoms with van der Waals surface area (Å²) in [6.07, 6.45) is 3.48. The van der Waals surface area contributed by atoms with Crippen molar-refractivity contribution in [2.24, 2.45) is 5.73 Å². The van der Waals surface area contributed by atoms with Crippen molar-refractivity contribution in [3.05, 3.63) is 24.0 Å². The summed E-state index contributed by atoms with van der Waals surface area (Å²) >= 11 is 0. The van der Waals surface area contributed by atoms with Crippen LogP contribution in [0.2, 0.25) is 0 Å². The van der Waals surface area contributed by atoms with Gasteiger partial charge < -0.3 is 10.5 Å². The molecule has 1 aromatic heterocycles. The zero-order valence-electron chi connectivity index (χ0n) is 7.45. The number of nitrogens with zero attached hydrogens (tertiary/aromatic N) is 1. The second-order valence-corrected chi connectivity index (χ2v) is 2.99. The minimum Gasteiger partial charge on any atom is -0.490 e. The molecule has 66 valence electrons. The molecule has 0 radical (unpaired) electrons. The highest BCUT2D eigenvalue weighted by Gasteiger charge is 1.96. The van der Waals surface area contributed by atoms with Crippen LogP contribution in [-0.2, 0) is 0 Å². The molecule has 2 N–H and O–H groups in total. The highest BCUT2D eigenvalue weighted by molar-refractivity contribution is 5.22. The van der Waals surface area contributed by atoms with Crippen LogP contribution in [0.15, 0.2) is 18.5 Å². The molecule has 3 heteroatoms. The lowest BCUT2D eigenvalue weighted by molar-refractivity contribution is 0.295. The monoisotopic (exact) mass is 166 g/mol. The van der Waals surface area contributed by atoms with E-state index in [0.29, 0.717) is 6.61 Å². The zero-order chi connectivity index (χ0) is 8.97. The van der Waals surface area contributed by atoms with Crippen LogP contribution in [0.1, 0.15) is 12.5 Å². The summed E-state index contributed by atoms with van der Waals surface area (Å²) in [6.45, 7) is 4.42. The van der Waals surface area contributed by atoms with Gasteiger partial charge in [-0.05, 0) is 25.5 Å². The van der Waals surface area contributed by atoms with Gasteiger partial charge in [-0.25, -0.2) is 0 Å². The van der Waals surface area contributed by atoms with Crippen LogP contribution in [-0.4, -0.2) is 17.6 Å². The molecule has 1 atom stereocenters. The maximum absolute atomic E-state index is 5.53. The first-order chi connectivity index (χ1) is 5.68. The van der Waals surface area contributed by atoms with E-state index in [-0.39, 0.29) is 6.04 Å². The maximum Gasteiger partial charge on any atom is 0.137 e. The Labute approximate surface area is 72.6 Å². The predicted octanol–water partition coefficient (Wildman–Crippen LogP) is 1.12. The molecule has 0 bridgehead atoms. The van der Waals surface area contributed by atoms with Gasteiger partial charge in [-0.2, -0.15) is 0 Å². The molecule has 3 nitrogen and oxygen atoms in total. The van der Waals surface area contributed by atoms with E-state index in [9.17, 15) is 0 Å². The molecule has 0 aromatic carbocycles. The van der Waals surface area contributed by atoms with E-state index < -0.39 is 0 Å². The second kappa shape index (κ2) is 4.07. The van der Waals surface area contributed by atoms with Gasteiger partial charge in [0, 0.05) is 12.2 Å². The largest absolute Gasteiger partial charge is 0.490 e. The average molecular weight is 166 g/mol. The molecule has 1 heterocycles. The molecule has 0 aliphatic rings. The average Bonchev–Trinajstić information content (AvgIpc) is 2.01. The number of hydrogen-bond acceptors (Lipinski definition) is 3. The van der Waals surface area contributed by atoms with Gasteiger partial charge in [-0.1, -0.05) is 0 Å². The maximum atomic E-state index is 5.53. The molecule has 0 amide bonds. The first-order valence-corrected chi connectivity index (χ1v) is 3.98. The van der Waals surface area contributed by atoms with Crippen LogP contribution in [0, 0.1) is 6.92 Å². The van der Waals surface area contributed by atoms with E-state index in [1.807, 2.05) is 19.9 Å². The summed E-state index contributed by atoms with van der Waals surface area (Å²) in [6, 6.07) is 2.00. The van der Waals surface area contributed by atoms with E-state index >= 15 is 0 Å². The molecule has 0 spiro atoms. The summed E-state index contributed by atoms with van der Waals surface area (Å²) in [5.74, 6) is 0.785. The highest BCUT2D eigenvalue weighted by atomic mass is 16.5. The van der Waals surface area contributed by atoms with Crippen molar-refractivity contribution >= 4 is 0 Å². The number of rotatable bonds is 3. The van der Waals surface area contributed by atoms with Crippen molar-refractivity contribution in [1.29, 1.82) is 0 Å². The van der Waals surface area contributed by atoms with Crippen LogP contribution >= 0.6 is 0 Å². The molecule has 0 saturated heterocycles. The van der Waals surface area contributed by atoms with Gasteiger partial charge in [0.05, 0.1) is 6.20 Å². The lowest BCUT2D eigenvalue weighted by atomic mass is 10.3. The Morgan fingerprint density at radius 2 is 2.33 bits per heavy atom. The smallest absolute Gasteiger partial charge is 0.137 e. The van der Waals surface area contributed by atoms with E-state index in [1.54, 1.807) is 12.4 Å². The number of ether oxygens (including phenoxy) is 1. The van der Waals surface area contributed by atoms with Crippen molar-refractivity contribution in [1.82, 2.24) is 4.98 Å². The number of nitrogens with two attached hydrogens (primary N) is 1. The summed E-state index contributed by atoms with van der Waals surface area (Å²) < 4.78 is 5.36. The van der Waals surface area contributed by atoms with Gasteiger partial charge in [0.15, 0.2) is 0 Å². The van der Waals surface area contributed by atoms with Crippen LogP contribution in [0.25, 0.3) is 0 Å². The van der Waals surface area contributed by atoms with Gasteiger partial charge in [0.1, 0.15) is 12.4 Å². The lowest BCUT2D eigenvalue weighted by Gasteiger charge is -2.07. The fraction of sp³-hybridized carbons (Fsp3) is 0.444. The minimum absolute atomic E-state index is 0.0607. The molecule has 0 aliphatic heterocycles. The normalized spacial score (nSPS) is 12.6. The summed E-state index contributed by atoms with van der Waals surface area (Å²) in [7, 11) is 0. The summed E-state index contributed by atoms with van der Waals surface area (Å²) in [4.78, 5) is 4.00. The van der Waals surface area contributed by atoms with E-state index in [0.717, 1.165) is 11.3 Å². The molecule has 0 saturated carbocycles. The molecule has 1 unspecified atom stereocenters. The van der Waals surface area contributed by atoms with Gasteiger partial charge >= 0.3 is 0 Å².